The third-order valence-corrected chi connectivity index (χ3v) is 3.25. The van der Waals surface area contributed by atoms with E-state index in [0.717, 1.165) is 0 Å². The van der Waals surface area contributed by atoms with Crippen LogP contribution in [0.4, 0.5) is 0 Å². The summed E-state index contributed by atoms with van der Waals surface area (Å²) in [4.78, 5) is 11.8. The second kappa shape index (κ2) is 4.65. The number of methoxy groups -OCH3 is 1. The summed E-state index contributed by atoms with van der Waals surface area (Å²) in [7, 11) is 1.53. The van der Waals surface area contributed by atoms with Crippen molar-refractivity contribution in [1.82, 2.24) is 5.32 Å². The van der Waals surface area contributed by atoms with E-state index < -0.39 is 0 Å². The fraction of sp³-hybridized carbons (Fsp3) is 0.462. The molecule has 2 rings (SSSR count). The number of phenolic OH excluding ortho intramolecular Hbond substituents is 1. The number of hydrogen-bond donors (Lipinski definition) is 2. The molecule has 1 amide bonds. The van der Waals surface area contributed by atoms with E-state index in [9.17, 15) is 9.90 Å². The van der Waals surface area contributed by atoms with Crippen LogP contribution < -0.4 is 10.1 Å². The molecule has 4 heteroatoms. The minimum atomic E-state index is -0.250. The van der Waals surface area contributed by atoms with Gasteiger partial charge < -0.3 is 15.2 Å². The monoisotopic (exact) mass is 235 g/mol. The zero-order valence-corrected chi connectivity index (χ0v) is 10.1. The van der Waals surface area contributed by atoms with Gasteiger partial charge in [-0.25, -0.2) is 0 Å². The van der Waals surface area contributed by atoms with Gasteiger partial charge in [0.2, 0.25) is 0 Å². The summed E-state index contributed by atoms with van der Waals surface area (Å²) in [6, 6.07) is 4.63. The van der Waals surface area contributed by atoms with Crippen LogP contribution >= 0.6 is 0 Å². The largest absolute Gasteiger partial charge is 0.507 e. The Morgan fingerprint density at radius 2 is 2.29 bits per heavy atom. The van der Waals surface area contributed by atoms with Crippen molar-refractivity contribution >= 4 is 5.91 Å². The number of hydrogen-bond acceptors (Lipinski definition) is 3. The lowest BCUT2D eigenvalue weighted by molar-refractivity contribution is 0.0948. The van der Waals surface area contributed by atoms with Gasteiger partial charge in [0.05, 0.1) is 12.7 Å². The summed E-state index contributed by atoms with van der Waals surface area (Å²) in [5.74, 6) is 1.58. The van der Waals surface area contributed by atoms with Gasteiger partial charge in [0.1, 0.15) is 11.5 Å². The van der Waals surface area contributed by atoms with E-state index in [1.54, 1.807) is 12.1 Å². The van der Waals surface area contributed by atoms with Crippen molar-refractivity contribution in [3.63, 3.8) is 0 Å². The standard InChI is InChI=1S/C13H17NO3/c1-8-5-9(8)7-14-13(16)11-6-10(17-2)3-4-12(11)15/h3-4,6,8-9,15H,5,7H2,1-2H3,(H,14,16). The average Bonchev–Trinajstić information content (AvgIpc) is 3.03. The first kappa shape index (κ1) is 11.8. The van der Waals surface area contributed by atoms with E-state index >= 15 is 0 Å². The predicted octanol–water partition coefficient (Wildman–Crippen LogP) is 1.79. The molecule has 0 heterocycles. The predicted molar refractivity (Wildman–Crippen MR) is 64.3 cm³/mol. The molecule has 2 unspecified atom stereocenters. The molecule has 0 spiro atoms. The summed E-state index contributed by atoms with van der Waals surface area (Å²) in [5, 5.41) is 12.4. The number of rotatable bonds is 4. The van der Waals surface area contributed by atoms with E-state index in [4.69, 9.17) is 4.74 Å². The van der Waals surface area contributed by atoms with Crippen molar-refractivity contribution in [3.8, 4) is 11.5 Å². The van der Waals surface area contributed by atoms with Crippen molar-refractivity contribution in [1.29, 1.82) is 0 Å². The molecule has 1 saturated carbocycles. The summed E-state index contributed by atoms with van der Waals surface area (Å²) >= 11 is 0. The van der Waals surface area contributed by atoms with Gasteiger partial charge >= 0.3 is 0 Å². The van der Waals surface area contributed by atoms with Gasteiger partial charge in [-0.2, -0.15) is 0 Å². The van der Waals surface area contributed by atoms with Crippen LogP contribution in [0, 0.1) is 11.8 Å². The van der Waals surface area contributed by atoms with E-state index in [-0.39, 0.29) is 17.2 Å². The Hall–Kier alpha value is -1.71. The molecule has 0 radical (unpaired) electrons. The fourth-order valence-electron chi connectivity index (χ4n) is 1.83. The number of benzene rings is 1. The maximum atomic E-state index is 11.8. The van der Waals surface area contributed by atoms with Gasteiger partial charge in [0, 0.05) is 6.54 Å². The molecule has 0 saturated heterocycles. The van der Waals surface area contributed by atoms with Gasteiger partial charge in [-0.1, -0.05) is 6.92 Å². The smallest absolute Gasteiger partial charge is 0.255 e. The Kier molecular flexibility index (Phi) is 3.22. The number of aromatic hydroxyl groups is 1. The molecular weight excluding hydrogens is 218 g/mol. The summed E-state index contributed by atoms with van der Waals surface area (Å²) < 4.78 is 5.02. The molecule has 0 aromatic heterocycles. The number of ether oxygens (including phenoxy) is 1. The zero-order valence-electron chi connectivity index (χ0n) is 10.1. The second-order valence-electron chi connectivity index (χ2n) is 4.57. The molecule has 92 valence electrons. The van der Waals surface area contributed by atoms with Crippen LogP contribution in [0.2, 0.25) is 0 Å². The van der Waals surface area contributed by atoms with Crippen LogP contribution in [0.1, 0.15) is 23.7 Å². The van der Waals surface area contributed by atoms with Crippen LogP contribution in [0.3, 0.4) is 0 Å². The Bertz CT molecular complexity index is 431. The minimum absolute atomic E-state index is 0.0212. The lowest BCUT2D eigenvalue weighted by Crippen LogP contribution is -2.26. The van der Waals surface area contributed by atoms with Crippen LogP contribution in [0.5, 0.6) is 11.5 Å². The maximum Gasteiger partial charge on any atom is 0.255 e. The van der Waals surface area contributed by atoms with Crippen LogP contribution in [0.25, 0.3) is 0 Å². The molecule has 17 heavy (non-hydrogen) atoms. The van der Waals surface area contributed by atoms with E-state index in [0.29, 0.717) is 24.1 Å². The van der Waals surface area contributed by atoms with Gasteiger partial charge in [-0.3, -0.25) is 4.79 Å². The lowest BCUT2D eigenvalue weighted by atomic mass is 10.1. The Labute approximate surface area is 101 Å². The molecule has 1 fully saturated rings. The molecule has 1 aliphatic carbocycles. The Balaban J connectivity index is 2.01. The van der Waals surface area contributed by atoms with Crippen molar-refractivity contribution in [2.24, 2.45) is 11.8 Å². The van der Waals surface area contributed by atoms with Gasteiger partial charge in [0.25, 0.3) is 5.91 Å². The molecule has 2 atom stereocenters. The molecule has 1 aromatic carbocycles. The summed E-state index contributed by atoms with van der Waals surface area (Å²) in [6.07, 6.45) is 1.17. The number of nitrogens with one attached hydrogen (secondary N) is 1. The van der Waals surface area contributed by atoms with E-state index in [1.807, 2.05) is 0 Å². The lowest BCUT2D eigenvalue weighted by Gasteiger charge is -2.08. The van der Waals surface area contributed by atoms with Crippen LogP contribution in [-0.2, 0) is 0 Å². The molecule has 1 aliphatic rings. The first-order valence-corrected chi connectivity index (χ1v) is 5.77. The Morgan fingerprint density at radius 3 is 2.88 bits per heavy atom. The molecular formula is C13H17NO3. The molecule has 0 bridgehead atoms. The highest BCUT2D eigenvalue weighted by molar-refractivity contribution is 5.97. The molecule has 0 aliphatic heterocycles. The first-order chi connectivity index (χ1) is 8.11. The highest BCUT2D eigenvalue weighted by atomic mass is 16.5. The fourth-order valence-corrected chi connectivity index (χ4v) is 1.83. The van der Waals surface area contributed by atoms with Gasteiger partial charge in [0.15, 0.2) is 0 Å². The maximum absolute atomic E-state index is 11.8. The summed E-state index contributed by atoms with van der Waals surface area (Å²) in [6.45, 7) is 2.84. The van der Waals surface area contributed by atoms with Crippen molar-refractivity contribution in [3.05, 3.63) is 23.8 Å². The van der Waals surface area contributed by atoms with Crippen LogP contribution in [0.15, 0.2) is 18.2 Å². The van der Waals surface area contributed by atoms with Crippen molar-refractivity contribution < 1.29 is 14.6 Å². The van der Waals surface area contributed by atoms with E-state index in [1.165, 1.54) is 19.6 Å². The zero-order chi connectivity index (χ0) is 12.4. The van der Waals surface area contributed by atoms with Crippen molar-refractivity contribution in [2.75, 3.05) is 13.7 Å². The number of phenols is 1. The van der Waals surface area contributed by atoms with Crippen LogP contribution in [-0.4, -0.2) is 24.7 Å². The quantitative estimate of drug-likeness (QED) is 0.836. The number of carbonyl (C=O) groups is 1. The third-order valence-electron chi connectivity index (χ3n) is 3.25. The number of amides is 1. The van der Waals surface area contributed by atoms with Crippen molar-refractivity contribution in [2.45, 2.75) is 13.3 Å². The Morgan fingerprint density at radius 1 is 1.59 bits per heavy atom. The molecule has 1 aromatic rings. The minimum Gasteiger partial charge on any atom is -0.507 e. The first-order valence-electron chi connectivity index (χ1n) is 5.77. The average molecular weight is 235 g/mol. The second-order valence-corrected chi connectivity index (χ2v) is 4.57. The highest BCUT2D eigenvalue weighted by Crippen LogP contribution is 2.36. The SMILES string of the molecule is COc1ccc(O)c(C(=O)NCC2CC2C)c1. The number of carbonyl (C=O) groups excluding carboxylic acids is 1. The van der Waals surface area contributed by atoms with Gasteiger partial charge in [-0.05, 0) is 36.5 Å². The van der Waals surface area contributed by atoms with E-state index in [2.05, 4.69) is 12.2 Å². The third kappa shape index (κ3) is 2.70. The summed E-state index contributed by atoms with van der Waals surface area (Å²) in [5.41, 5.74) is 0.262. The highest BCUT2D eigenvalue weighted by Gasteiger charge is 2.32. The molecule has 2 N–H and O–H groups in total. The molecule has 4 nitrogen and oxygen atoms in total. The normalized spacial score (nSPS) is 22.0. The topological polar surface area (TPSA) is 58.6 Å². The van der Waals surface area contributed by atoms with Gasteiger partial charge in [-0.15, -0.1) is 0 Å².